The van der Waals surface area contributed by atoms with E-state index in [-0.39, 0.29) is 12.2 Å². The Bertz CT molecular complexity index is 688. The number of carbonyl (C=O) groups is 1. The highest BCUT2D eigenvalue weighted by molar-refractivity contribution is 7.89. The number of hydrogen-bond acceptors (Lipinski definition) is 6. The number of unbranched alkanes of at least 4 members (excludes halogenated alkanes) is 1. The quantitative estimate of drug-likeness (QED) is 0.511. The third-order valence-electron chi connectivity index (χ3n) is 3.09. The molecular formula is C13H18N2O7S. The second-order valence-electron chi connectivity index (χ2n) is 4.75. The first-order valence-electron chi connectivity index (χ1n) is 6.80. The summed E-state index contributed by atoms with van der Waals surface area (Å²) < 4.78 is 31.7. The van der Waals surface area contributed by atoms with E-state index in [1.54, 1.807) is 0 Å². The highest BCUT2D eigenvalue weighted by Crippen LogP contribution is 2.28. The number of sulfonamides is 1. The number of nitro groups is 1. The van der Waals surface area contributed by atoms with Gasteiger partial charge in [0, 0.05) is 12.1 Å². The van der Waals surface area contributed by atoms with Crippen LogP contribution in [0.3, 0.4) is 0 Å². The zero-order valence-corrected chi connectivity index (χ0v) is 13.5. The number of nitrogens with zero attached hydrogens (tertiary/aromatic N) is 1. The van der Waals surface area contributed by atoms with Crippen LogP contribution < -0.4 is 9.46 Å². The van der Waals surface area contributed by atoms with Crippen LogP contribution in [-0.4, -0.2) is 37.6 Å². The molecule has 1 aromatic rings. The van der Waals surface area contributed by atoms with Gasteiger partial charge in [0.1, 0.15) is 16.7 Å². The van der Waals surface area contributed by atoms with Crippen LogP contribution in [0.25, 0.3) is 0 Å². The van der Waals surface area contributed by atoms with Crippen molar-refractivity contribution in [3.8, 4) is 5.75 Å². The Labute approximate surface area is 133 Å². The van der Waals surface area contributed by atoms with Crippen LogP contribution in [0.15, 0.2) is 23.1 Å². The number of methoxy groups -OCH3 is 1. The molecule has 0 amide bonds. The molecule has 10 heteroatoms. The number of nitrogens with one attached hydrogen (secondary N) is 1. The summed E-state index contributed by atoms with van der Waals surface area (Å²) in [6.07, 6.45) is 1.33. The second kappa shape index (κ2) is 7.88. The zero-order chi connectivity index (χ0) is 17.6. The van der Waals surface area contributed by atoms with Crippen LogP contribution in [0.1, 0.15) is 26.2 Å². The molecule has 0 bridgehead atoms. The van der Waals surface area contributed by atoms with Crippen LogP contribution in [0, 0.1) is 10.1 Å². The Hall–Kier alpha value is -2.20. The lowest BCUT2D eigenvalue weighted by atomic mass is 10.1. The molecule has 1 rings (SSSR count). The van der Waals surface area contributed by atoms with Gasteiger partial charge >= 0.3 is 5.97 Å². The average molecular weight is 346 g/mol. The van der Waals surface area contributed by atoms with Gasteiger partial charge in [0.15, 0.2) is 0 Å². The molecule has 1 aromatic carbocycles. The first-order valence-corrected chi connectivity index (χ1v) is 8.28. The van der Waals surface area contributed by atoms with Gasteiger partial charge in [0.05, 0.1) is 12.0 Å². The van der Waals surface area contributed by atoms with Crippen molar-refractivity contribution in [2.45, 2.75) is 37.1 Å². The molecule has 1 atom stereocenters. The van der Waals surface area contributed by atoms with Crippen molar-refractivity contribution in [3.63, 3.8) is 0 Å². The summed E-state index contributed by atoms with van der Waals surface area (Å²) in [6.45, 7) is 1.84. The Morgan fingerprint density at radius 3 is 2.61 bits per heavy atom. The molecule has 9 nitrogen and oxygen atoms in total. The van der Waals surface area contributed by atoms with Crippen molar-refractivity contribution in [1.82, 2.24) is 4.72 Å². The molecule has 0 spiro atoms. The molecule has 23 heavy (non-hydrogen) atoms. The number of non-ortho nitro benzene ring substituents is 1. The van der Waals surface area contributed by atoms with E-state index in [0.717, 1.165) is 18.2 Å². The maximum atomic E-state index is 12.4. The van der Waals surface area contributed by atoms with Gasteiger partial charge in [-0.1, -0.05) is 19.8 Å². The normalized spacial score (nSPS) is 12.6. The lowest BCUT2D eigenvalue weighted by Crippen LogP contribution is -2.40. The molecule has 0 saturated heterocycles. The van der Waals surface area contributed by atoms with Gasteiger partial charge in [0.2, 0.25) is 10.0 Å². The summed E-state index contributed by atoms with van der Waals surface area (Å²) in [5.41, 5.74) is -0.438. The van der Waals surface area contributed by atoms with Crippen molar-refractivity contribution in [1.29, 1.82) is 0 Å². The highest BCUT2D eigenvalue weighted by atomic mass is 32.2. The average Bonchev–Trinajstić information content (AvgIpc) is 2.50. The summed E-state index contributed by atoms with van der Waals surface area (Å²) in [5, 5.41) is 19.9. The van der Waals surface area contributed by atoms with Crippen LogP contribution in [0.5, 0.6) is 5.75 Å². The summed E-state index contributed by atoms with van der Waals surface area (Å²) in [7, 11) is -3.08. The van der Waals surface area contributed by atoms with Crippen molar-refractivity contribution in [3.05, 3.63) is 28.3 Å². The first kappa shape index (κ1) is 18.8. The van der Waals surface area contributed by atoms with Crippen molar-refractivity contribution in [2.75, 3.05) is 7.11 Å². The van der Waals surface area contributed by atoms with E-state index in [2.05, 4.69) is 4.72 Å². The van der Waals surface area contributed by atoms with E-state index in [0.29, 0.717) is 12.8 Å². The van der Waals surface area contributed by atoms with Gasteiger partial charge in [0.25, 0.3) is 5.69 Å². The number of carboxylic acids is 1. The third-order valence-corrected chi connectivity index (χ3v) is 4.58. The zero-order valence-electron chi connectivity index (χ0n) is 12.7. The standard InChI is InChI=1S/C13H18N2O7S/c1-3-4-5-10(13(16)17)14-23(20,21)12-8-9(15(18)19)6-7-11(12)22-2/h6-8,10,14H,3-5H2,1-2H3,(H,16,17). The topological polar surface area (TPSA) is 136 Å². The van der Waals surface area contributed by atoms with Gasteiger partial charge in [-0.2, -0.15) is 4.72 Å². The molecule has 0 aromatic heterocycles. The Kier molecular flexibility index (Phi) is 6.46. The Morgan fingerprint density at radius 2 is 2.13 bits per heavy atom. The summed E-state index contributed by atoms with van der Waals surface area (Å²) in [5.74, 6) is -1.42. The summed E-state index contributed by atoms with van der Waals surface area (Å²) in [4.78, 5) is 20.8. The highest BCUT2D eigenvalue weighted by Gasteiger charge is 2.28. The van der Waals surface area contributed by atoms with E-state index in [9.17, 15) is 23.3 Å². The molecule has 0 aliphatic carbocycles. The number of nitro benzene ring substituents is 1. The van der Waals surface area contributed by atoms with Crippen molar-refractivity contribution >= 4 is 21.7 Å². The van der Waals surface area contributed by atoms with E-state index >= 15 is 0 Å². The number of benzene rings is 1. The van der Waals surface area contributed by atoms with Crippen LogP contribution in [-0.2, 0) is 14.8 Å². The van der Waals surface area contributed by atoms with E-state index in [4.69, 9.17) is 9.84 Å². The summed E-state index contributed by atoms with van der Waals surface area (Å²) >= 11 is 0. The van der Waals surface area contributed by atoms with Gasteiger partial charge in [-0.25, -0.2) is 8.42 Å². The number of rotatable bonds is 9. The van der Waals surface area contributed by atoms with Crippen LogP contribution >= 0.6 is 0 Å². The molecule has 0 heterocycles. The van der Waals surface area contributed by atoms with Gasteiger partial charge < -0.3 is 9.84 Å². The van der Waals surface area contributed by atoms with E-state index in [1.165, 1.54) is 7.11 Å². The van der Waals surface area contributed by atoms with Crippen LogP contribution in [0.2, 0.25) is 0 Å². The van der Waals surface area contributed by atoms with E-state index in [1.807, 2.05) is 6.92 Å². The number of aliphatic carboxylic acids is 1. The minimum absolute atomic E-state index is 0.109. The van der Waals surface area contributed by atoms with Crippen molar-refractivity contribution < 1.29 is 28.0 Å². The van der Waals surface area contributed by atoms with Gasteiger partial charge in [-0.15, -0.1) is 0 Å². The van der Waals surface area contributed by atoms with E-state index < -0.39 is 37.5 Å². The molecule has 1 unspecified atom stereocenters. The van der Waals surface area contributed by atoms with Crippen molar-refractivity contribution in [2.24, 2.45) is 0 Å². The Morgan fingerprint density at radius 1 is 1.48 bits per heavy atom. The monoisotopic (exact) mass is 346 g/mol. The van der Waals surface area contributed by atoms with Gasteiger partial charge in [-0.3, -0.25) is 14.9 Å². The fraction of sp³-hybridized carbons (Fsp3) is 0.462. The lowest BCUT2D eigenvalue weighted by Gasteiger charge is -2.16. The molecule has 0 aliphatic rings. The number of hydrogen-bond donors (Lipinski definition) is 2. The predicted molar refractivity (Wildman–Crippen MR) is 80.9 cm³/mol. The molecule has 0 fully saturated rings. The molecule has 128 valence electrons. The first-order chi connectivity index (χ1) is 10.7. The molecular weight excluding hydrogens is 328 g/mol. The number of ether oxygens (including phenoxy) is 1. The minimum atomic E-state index is -4.29. The fourth-order valence-corrected chi connectivity index (χ4v) is 3.29. The lowest BCUT2D eigenvalue weighted by molar-refractivity contribution is -0.385. The summed E-state index contributed by atoms with van der Waals surface area (Å²) in [6, 6.07) is 1.77. The molecule has 0 radical (unpaired) electrons. The second-order valence-corrected chi connectivity index (χ2v) is 6.43. The third kappa shape index (κ3) is 4.89. The molecule has 0 saturated carbocycles. The predicted octanol–water partition coefficient (Wildman–Crippen LogP) is 1.53. The fourth-order valence-electron chi connectivity index (χ4n) is 1.88. The SMILES string of the molecule is CCCCC(NS(=O)(=O)c1cc([N+](=O)[O-])ccc1OC)C(=O)O. The minimum Gasteiger partial charge on any atom is -0.495 e. The maximum absolute atomic E-state index is 12.4. The largest absolute Gasteiger partial charge is 0.495 e. The Balaban J connectivity index is 3.22. The molecule has 2 N–H and O–H groups in total. The van der Waals surface area contributed by atoms with Crippen LogP contribution in [0.4, 0.5) is 5.69 Å². The van der Waals surface area contributed by atoms with Gasteiger partial charge in [-0.05, 0) is 12.5 Å². The number of carboxylic acid groups (broad SMARTS) is 1. The maximum Gasteiger partial charge on any atom is 0.321 e. The smallest absolute Gasteiger partial charge is 0.321 e. The molecule has 0 aliphatic heterocycles.